The van der Waals surface area contributed by atoms with E-state index in [4.69, 9.17) is 15.3 Å². The fourth-order valence-corrected chi connectivity index (χ4v) is 1.04. The first kappa shape index (κ1) is 9.46. The van der Waals surface area contributed by atoms with E-state index in [2.05, 4.69) is 5.10 Å². The van der Waals surface area contributed by atoms with E-state index in [1.165, 1.54) is 0 Å². The van der Waals surface area contributed by atoms with Gasteiger partial charge >= 0.3 is 12.1 Å². The van der Waals surface area contributed by atoms with Gasteiger partial charge in [0.05, 0.1) is 12.3 Å². The summed E-state index contributed by atoms with van der Waals surface area (Å²) in [7, 11) is 0. The third-order valence-electron chi connectivity index (χ3n) is 1.64. The second kappa shape index (κ2) is 3.40. The van der Waals surface area contributed by atoms with Gasteiger partial charge in [-0.25, -0.2) is 9.59 Å². The molecule has 0 radical (unpaired) electrons. The number of carboxylic acid groups (broad SMARTS) is 2. The highest BCUT2D eigenvalue weighted by molar-refractivity contribution is 5.95. The van der Waals surface area contributed by atoms with E-state index in [-0.39, 0.29) is 12.1 Å². The van der Waals surface area contributed by atoms with Crippen LogP contribution in [0.2, 0.25) is 0 Å². The van der Waals surface area contributed by atoms with Crippen molar-refractivity contribution in [1.82, 2.24) is 5.01 Å². The number of rotatable bonds is 2. The lowest BCUT2D eigenvalue weighted by Crippen LogP contribution is -2.37. The zero-order chi connectivity index (χ0) is 10.0. The SMILES string of the molecule is O=C(O)C1CC(CO)=NN1C(=O)O. The molecule has 1 amide bonds. The summed E-state index contributed by atoms with van der Waals surface area (Å²) in [6.45, 7) is -0.423. The van der Waals surface area contributed by atoms with Crippen LogP contribution < -0.4 is 0 Å². The third-order valence-corrected chi connectivity index (χ3v) is 1.64. The Labute approximate surface area is 72.9 Å². The van der Waals surface area contributed by atoms with E-state index in [1.54, 1.807) is 0 Å². The van der Waals surface area contributed by atoms with Crippen LogP contribution in [0.25, 0.3) is 0 Å². The normalized spacial score (nSPS) is 21.5. The summed E-state index contributed by atoms with van der Waals surface area (Å²) in [5.41, 5.74) is 0.162. The molecule has 0 saturated carbocycles. The molecular weight excluding hydrogens is 180 g/mol. The molecule has 0 aromatic rings. The van der Waals surface area contributed by atoms with Gasteiger partial charge in [0, 0.05) is 6.42 Å². The van der Waals surface area contributed by atoms with Crippen LogP contribution in [0.5, 0.6) is 0 Å². The zero-order valence-corrected chi connectivity index (χ0v) is 6.54. The number of hydrogen-bond donors (Lipinski definition) is 3. The molecule has 7 heteroatoms. The van der Waals surface area contributed by atoms with Gasteiger partial charge in [-0.1, -0.05) is 0 Å². The maximum absolute atomic E-state index is 10.5. The first-order chi connectivity index (χ1) is 6.06. The standard InChI is InChI=1S/C6H8N2O5/c9-2-3-1-4(5(10)11)8(7-3)6(12)13/h4,9H,1-2H2,(H,10,11)(H,12,13). The molecule has 0 aromatic carbocycles. The number of aliphatic hydroxyl groups is 1. The Hall–Kier alpha value is -1.63. The summed E-state index contributed by atoms with van der Waals surface area (Å²) in [6, 6.07) is -1.21. The first-order valence-corrected chi connectivity index (χ1v) is 3.48. The Morgan fingerprint density at radius 3 is 2.46 bits per heavy atom. The highest BCUT2D eigenvalue weighted by atomic mass is 16.4. The smallest absolute Gasteiger partial charge is 0.428 e. The molecule has 1 aliphatic rings. The largest absolute Gasteiger partial charge is 0.480 e. The van der Waals surface area contributed by atoms with Gasteiger partial charge in [0.2, 0.25) is 0 Å². The quantitative estimate of drug-likeness (QED) is 0.523. The molecule has 0 bridgehead atoms. The maximum Gasteiger partial charge on any atom is 0.428 e. The summed E-state index contributed by atoms with van der Waals surface area (Å²) in [4.78, 5) is 21.0. The Balaban J connectivity index is 2.82. The van der Waals surface area contributed by atoms with Gasteiger partial charge in [-0.05, 0) is 0 Å². The van der Waals surface area contributed by atoms with Crippen molar-refractivity contribution in [2.24, 2.45) is 5.10 Å². The van der Waals surface area contributed by atoms with E-state index < -0.39 is 24.7 Å². The minimum atomic E-state index is -1.43. The molecule has 1 unspecified atom stereocenters. The predicted octanol–water partition coefficient (Wildman–Crippen LogP) is -0.828. The third kappa shape index (κ3) is 1.75. The van der Waals surface area contributed by atoms with Crippen molar-refractivity contribution in [2.75, 3.05) is 6.61 Å². The summed E-state index contributed by atoms with van der Waals surface area (Å²) in [5.74, 6) is -1.27. The van der Waals surface area contributed by atoms with Crippen LogP contribution in [0, 0.1) is 0 Å². The summed E-state index contributed by atoms with van der Waals surface area (Å²) in [5, 5.41) is 29.6. The number of carbonyl (C=O) groups is 2. The van der Waals surface area contributed by atoms with Gasteiger partial charge in [-0.15, -0.1) is 0 Å². The van der Waals surface area contributed by atoms with Gasteiger partial charge < -0.3 is 15.3 Å². The van der Waals surface area contributed by atoms with E-state index in [9.17, 15) is 9.59 Å². The molecule has 0 fully saturated rings. The van der Waals surface area contributed by atoms with Crippen LogP contribution in [0.15, 0.2) is 5.10 Å². The Morgan fingerprint density at radius 1 is 1.54 bits per heavy atom. The predicted molar refractivity (Wildman–Crippen MR) is 40.4 cm³/mol. The molecular formula is C6H8N2O5. The fraction of sp³-hybridized carbons (Fsp3) is 0.500. The van der Waals surface area contributed by atoms with Gasteiger partial charge in [-0.3, -0.25) is 0 Å². The molecule has 0 aliphatic carbocycles. The van der Waals surface area contributed by atoms with Gasteiger partial charge in [-0.2, -0.15) is 10.1 Å². The lowest BCUT2D eigenvalue weighted by molar-refractivity contribution is -0.141. The number of hydrogen-bond acceptors (Lipinski definition) is 4. The van der Waals surface area contributed by atoms with Gasteiger partial charge in [0.15, 0.2) is 6.04 Å². The number of aliphatic carboxylic acids is 1. The molecule has 0 saturated heterocycles. The van der Waals surface area contributed by atoms with Crippen LogP contribution in [0.3, 0.4) is 0 Å². The Kier molecular flexibility index (Phi) is 2.47. The van der Waals surface area contributed by atoms with Crippen molar-refractivity contribution in [3.05, 3.63) is 0 Å². The van der Waals surface area contributed by atoms with Gasteiger partial charge in [0.25, 0.3) is 0 Å². The minimum absolute atomic E-state index is 0.0574. The summed E-state index contributed by atoms with van der Waals surface area (Å²) >= 11 is 0. The summed E-state index contributed by atoms with van der Waals surface area (Å²) in [6.07, 6.45) is -1.49. The van der Waals surface area contributed by atoms with Crippen LogP contribution in [0.1, 0.15) is 6.42 Å². The average molecular weight is 188 g/mol. The molecule has 7 nitrogen and oxygen atoms in total. The highest BCUT2D eigenvalue weighted by Gasteiger charge is 2.36. The lowest BCUT2D eigenvalue weighted by Gasteiger charge is -2.13. The zero-order valence-electron chi connectivity index (χ0n) is 6.54. The van der Waals surface area contributed by atoms with E-state index in [1.807, 2.05) is 0 Å². The number of amides is 1. The second-order valence-electron chi connectivity index (χ2n) is 2.51. The van der Waals surface area contributed by atoms with Crippen molar-refractivity contribution in [3.8, 4) is 0 Å². The maximum atomic E-state index is 10.5. The Morgan fingerprint density at radius 2 is 2.15 bits per heavy atom. The number of aliphatic hydroxyl groups excluding tert-OH is 1. The second-order valence-corrected chi connectivity index (χ2v) is 2.51. The van der Waals surface area contributed by atoms with Crippen molar-refractivity contribution in [2.45, 2.75) is 12.5 Å². The molecule has 3 N–H and O–H groups in total. The molecule has 0 spiro atoms. The molecule has 13 heavy (non-hydrogen) atoms. The number of hydrazone groups is 1. The van der Waals surface area contributed by atoms with Crippen LogP contribution >= 0.6 is 0 Å². The van der Waals surface area contributed by atoms with Crippen LogP contribution in [-0.4, -0.2) is 50.8 Å². The Bertz CT molecular complexity index is 274. The topological polar surface area (TPSA) is 110 Å². The molecule has 1 aliphatic heterocycles. The van der Waals surface area contributed by atoms with E-state index in [0.29, 0.717) is 5.01 Å². The van der Waals surface area contributed by atoms with Crippen molar-refractivity contribution in [1.29, 1.82) is 0 Å². The van der Waals surface area contributed by atoms with Crippen molar-refractivity contribution in [3.63, 3.8) is 0 Å². The van der Waals surface area contributed by atoms with Crippen LogP contribution in [-0.2, 0) is 4.79 Å². The first-order valence-electron chi connectivity index (χ1n) is 3.48. The van der Waals surface area contributed by atoms with Gasteiger partial charge in [0.1, 0.15) is 0 Å². The van der Waals surface area contributed by atoms with Crippen molar-refractivity contribution < 1.29 is 24.9 Å². The number of nitrogens with zero attached hydrogens (tertiary/aromatic N) is 2. The van der Waals surface area contributed by atoms with Crippen molar-refractivity contribution >= 4 is 17.8 Å². The lowest BCUT2D eigenvalue weighted by atomic mass is 10.1. The van der Waals surface area contributed by atoms with Crippen LogP contribution in [0.4, 0.5) is 4.79 Å². The monoisotopic (exact) mass is 188 g/mol. The van der Waals surface area contributed by atoms with E-state index >= 15 is 0 Å². The fourth-order valence-electron chi connectivity index (χ4n) is 1.04. The number of carboxylic acids is 1. The molecule has 1 rings (SSSR count). The summed E-state index contributed by atoms with van der Waals surface area (Å²) < 4.78 is 0. The minimum Gasteiger partial charge on any atom is -0.480 e. The average Bonchev–Trinajstić information content (AvgIpc) is 2.47. The molecule has 1 heterocycles. The molecule has 1 atom stereocenters. The molecule has 0 aromatic heterocycles. The van der Waals surface area contributed by atoms with E-state index in [0.717, 1.165) is 0 Å². The highest BCUT2D eigenvalue weighted by Crippen LogP contribution is 2.15. The molecule has 72 valence electrons.